The predicted octanol–water partition coefficient (Wildman–Crippen LogP) is 1.68. The second kappa shape index (κ2) is 5.08. The maximum atomic E-state index is 12.6. The number of hydrogen-bond donors (Lipinski definition) is 2. The predicted molar refractivity (Wildman–Crippen MR) is 54.4 cm³/mol. The number of benzene rings is 1. The van der Waals surface area contributed by atoms with Gasteiger partial charge in [-0.1, -0.05) is 12.1 Å². The molecule has 2 N–H and O–H groups in total. The number of aliphatic hydroxyl groups is 1. The van der Waals surface area contributed by atoms with E-state index in [1.54, 1.807) is 19.1 Å². The summed E-state index contributed by atoms with van der Waals surface area (Å²) in [6, 6.07) is 6.38. The third-order valence-corrected chi connectivity index (χ3v) is 2.27. The number of rotatable bonds is 4. The lowest BCUT2D eigenvalue weighted by molar-refractivity contribution is 0.152. The minimum atomic E-state index is -0.379. The number of aliphatic hydroxyl groups excluding tert-OH is 1. The molecule has 0 spiro atoms. The zero-order valence-electron chi connectivity index (χ0n) is 8.50. The molecule has 2 atom stereocenters. The average Bonchev–Trinajstić information content (AvgIpc) is 2.16. The van der Waals surface area contributed by atoms with Crippen molar-refractivity contribution in [2.24, 2.45) is 0 Å². The van der Waals surface area contributed by atoms with Crippen LogP contribution in [-0.4, -0.2) is 17.3 Å². The van der Waals surface area contributed by atoms with Crippen molar-refractivity contribution in [2.75, 3.05) is 0 Å². The first kappa shape index (κ1) is 11.1. The van der Waals surface area contributed by atoms with Crippen LogP contribution < -0.4 is 5.32 Å². The van der Waals surface area contributed by atoms with Crippen LogP contribution in [0.4, 0.5) is 4.39 Å². The molecule has 0 fully saturated rings. The molecule has 0 radical (unpaired) electrons. The van der Waals surface area contributed by atoms with Gasteiger partial charge in [-0.2, -0.15) is 0 Å². The van der Waals surface area contributed by atoms with Gasteiger partial charge in [-0.25, -0.2) is 4.39 Å². The van der Waals surface area contributed by atoms with Crippen molar-refractivity contribution in [3.63, 3.8) is 0 Å². The summed E-state index contributed by atoms with van der Waals surface area (Å²) < 4.78 is 12.6. The second-order valence-electron chi connectivity index (χ2n) is 3.54. The van der Waals surface area contributed by atoms with Crippen LogP contribution >= 0.6 is 0 Å². The molecule has 1 aromatic carbocycles. The largest absolute Gasteiger partial charge is 0.392 e. The summed E-state index contributed by atoms with van der Waals surface area (Å²) in [6.07, 6.45) is -0.379. The molecule has 0 saturated heterocycles. The maximum absolute atomic E-state index is 12.6. The summed E-state index contributed by atoms with van der Waals surface area (Å²) >= 11 is 0. The summed E-state index contributed by atoms with van der Waals surface area (Å²) in [6.45, 7) is 4.29. The van der Waals surface area contributed by atoms with E-state index in [-0.39, 0.29) is 18.0 Å². The Hall–Kier alpha value is -0.930. The van der Waals surface area contributed by atoms with Gasteiger partial charge in [-0.3, -0.25) is 0 Å². The fourth-order valence-electron chi connectivity index (χ4n) is 1.05. The topological polar surface area (TPSA) is 32.3 Å². The van der Waals surface area contributed by atoms with Gasteiger partial charge in [0.05, 0.1) is 6.10 Å². The Balaban J connectivity index is 2.42. The van der Waals surface area contributed by atoms with Crippen LogP contribution in [-0.2, 0) is 6.54 Å². The highest BCUT2D eigenvalue weighted by Crippen LogP contribution is 2.03. The first-order valence-corrected chi connectivity index (χ1v) is 4.75. The molecule has 78 valence electrons. The molecule has 3 heteroatoms. The molecule has 0 aliphatic heterocycles. The molecule has 0 heterocycles. The summed E-state index contributed by atoms with van der Waals surface area (Å²) in [4.78, 5) is 0. The van der Waals surface area contributed by atoms with Crippen molar-refractivity contribution in [1.82, 2.24) is 5.32 Å². The Morgan fingerprint density at radius 3 is 2.36 bits per heavy atom. The zero-order chi connectivity index (χ0) is 10.6. The molecule has 2 unspecified atom stereocenters. The van der Waals surface area contributed by atoms with E-state index in [1.807, 2.05) is 6.92 Å². The van der Waals surface area contributed by atoms with Gasteiger partial charge in [0, 0.05) is 12.6 Å². The third kappa shape index (κ3) is 3.44. The van der Waals surface area contributed by atoms with Gasteiger partial charge in [0.15, 0.2) is 0 Å². The zero-order valence-corrected chi connectivity index (χ0v) is 8.50. The van der Waals surface area contributed by atoms with Crippen LogP contribution in [0.5, 0.6) is 0 Å². The Kier molecular flexibility index (Phi) is 4.04. The Bertz CT molecular complexity index is 271. The van der Waals surface area contributed by atoms with Crippen molar-refractivity contribution in [3.05, 3.63) is 35.6 Å². The SMILES string of the molecule is CC(O)C(C)NCc1ccc(F)cc1. The molecule has 0 aliphatic rings. The first-order valence-electron chi connectivity index (χ1n) is 4.75. The van der Waals surface area contributed by atoms with E-state index in [1.165, 1.54) is 12.1 Å². The van der Waals surface area contributed by atoms with Gasteiger partial charge in [0.2, 0.25) is 0 Å². The summed E-state index contributed by atoms with van der Waals surface area (Å²) in [5, 5.41) is 12.4. The molecule has 0 aliphatic carbocycles. The van der Waals surface area contributed by atoms with Crippen molar-refractivity contribution >= 4 is 0 Å². The van der Waals surface area contributed by atoms with Crippen LogP contribution in [0, 0.1) is 5.82 Å². The van der Waals surface area contributed by atoms with Crippen molar-refractivity contribution in [1.29, 1.82) is 0 Å². The van der Waals surface area contributed by atoms with Crippen molar-refractivity contribution in [3.8, 4) is 0 Å². The van der Waals surface area contributed by atoms with E-state index >= 15 is 0 Å². The van der Waals surface area contributed by atoms with E-state index in [4.69, 9.17) is 0 Å². The van der Waals surface area contributed by atoms with E-state index in [2.05, 4.69) is 5.32 Å². The molecular weight excluding hydrogens is 181 g/mol. The molecule has 0 aromatic heterocycles. The molecule has 0 bridgehead atoms. The molecule has 2 nitrogen and oxygen atoms in total. The smallest absolute Gasteiger partial charge is 0.123 e. The van der Waals surface area contributed by atoms with Gasteiger partial charge in [0.25, 0.3) is 0 Å². The van der Waals surface area contributed by atoms with E-state index < -0.39 is 0 Å². The standard InChI is InChI=1S/C11H16FNO/c1-8(9(2)14)13-7-10-3-5-11(12)6-4-10/h3-6,8-9,13-14H,7H2,1-2H3. The minimum absolute atomic E-state index is 0.0417. The van der Waals surface area contributed by atoms with Crippen LogP contribution in [0.3, 0.4) is 0 Å². The molecule has 0 saturated carbocycles. The first-order chi connectivity index (χ1) is 6.59. The Labute approximate surface area is 83.8 Å². The summed E-state index contributed by atoms with van der Waals surface area (Å²) in [7, 11) is 0. The maximum Gasteiger partial charge on any atom is 0.123 e. The second-order valence-corrected chi connectivity index (χ2v) is 3.54. The van der Waals surface area contributed by atoms with Gasteiger partial charge in [-0.05, 0) is 31.5 Å². The fourth-order valence-corrected chi connectivity index (χ4v) is 1.05. The average molecular weight is 197 g/mol. The van der Waals surface area contributed by atoms with Crippen LogP contribution in [0.25, 0.3) is 0 Å². The van der Waals surface area contributed by atoms with E-state index in [9.17, 15) is 9.50 Å². The normalized spacial score (nSPS) is 15.1. The fraction of sp³-hybridized carbons (Fsp3) is 0.455. The van der Waals surface area contributed by atoms with Gasteiger partial charge in [0.1, 0.15) is 5.82 Å². The van der Waals surface area contributed by atoms with Gasteiger partial charge >= 0.3 is 0 Å². The monoisotopic (exact) mass is 197 g/mol. The lowest BCUT2D eigenvalue weighted by Crippen LogP contribution is -2.34. The quantitative estimate of drug-likeness (QED) is 0.769. The van der Waals surface area contributed by atoms with E-state index in [0.29, 0.717) is 6.54 Å². The van der Waals surface area contributed by atoms with Crippen LogP contribution in [0.15, 0.2) is 24.3 Å². The van der Waals surface area contributed by atoms with Crippen molar-refractivity contribution < 1.29 is 9.50 Å². The summed E-state index contributed by atoms with van der Waals surface area (Å²) in [5.41, 5.74) is 1.01. The van der Waals surface area contributed by atoms with Crippen LogP contribution in [0.1, 0.15) is 19.4 Å². The van der Waals surface area contributed by atoms with E-state index in [0.717, 1.165) is 5.56 Å². The number of nitrogens with one attached hydrogen (secondary N) is 1. The highest BCUT2D eigenvalue weighted by Gasteiger charge is 2.06. The van der Waals surface area contributed by atoms with Gasteiger partial charge < -0.3 is 10.4 Å². The molecular formula is C11H16FNO. The number of hydrogen-bond acceptors (Lipinski definition) is 2. The third-order valence-electron chi connectivity index (χ3n) is 2.27. The highest BCUT2D eigenvalue weighted by molar-refractivity contribution is 5.15. The Morgan fingerprint density at radius 2 is 1.86 bits per heavy atom. The Morgan fingerprint density at radius 1 is 1.29 bits per heavy atom. The highest BCUT2D eigenvalue weighted by atomic mass is 19.1. The minimum Gasteiger partial charge on any atom is -0.392 e. The lowest BCUT2D eigenvalue weighted by Gasteiger charge is -2.16. The van der Waals surface area contributed by atoms with Gasteiger partial charge in [-0.15, -0.1) is 0 Å². The molecule has 14 heavy (non-hydrogen) atoms. The molecule has 0 amide bonds. The number of halogens is 1. The molecule has 1 aromatic rings. The summed E-state index contributed by atoms with van der Waals surface area (Å²) in [5.74, 6) is -0.225. The van der Waals surface area contributed by atoms with Crippen LogP contribution in [0.2, 0.25) is 0 Å². The lowest BCUT2D eigenvalue weighted by atomic mass is 10.2. The van der Waals surface area contributed by atoms with Crippen molar-refractivity contribution in [2.45, 2.75) is 32.5 Å². The molecule has 1 rings (SSSR count).